The van der Waals surface area contributed by atoms with Crippen LogP contribution in [-0.2, 0) is 19.5 Å². The Labute approximate surface area is 130 Å². The van der Waals surface area contributed by atoms with Crippen molar-refractivity contribution in [1.82, 2.24) is 5.32 Å². The van der Waals surface area contributed by atoms with Gasteiger partial charge in [0.15, 0.2) is 11.6 Å². The maximum absolute atomic E-state index is 13.8. The third-order valence-electron chi connectivity index (χ3n) is 3.89. The highest BCUT2D eigenvalue weighted by molar-refractivity contribution is 5.50. The molecular formula is C18H21FN2O. The molecule has 1 aliphatic heterocycles. The number of hydrogen-bond acceptors (Lipinski definition) is 3. The van der Waals surface area contributed by atoms with Crippen molar-refractivity contribution in [2.24, 2.45) is 0 Å². The van der Waals surface area contributed by atoms with Crippen LogP contribution in [-0.4, -0.2) is 13.2 Å². The first-order valence-corrected chi connectivity index (χ1v) is 7.74. The third kappa shape index (κ3) is 3.39. The Hall–Kier alpha value is -2.07. The maximum Gasteiger partial charge on any atom is 0.165 e. The fourth-order valence-electron chi connectivity index (χ4n) is 2.72. The van der Waals surface area contributed by atoms with Crippen LogP contribution in [0.2, 0.25) is 0 Å². The van der Waals surface area contributed by atoms with Gasteiger partial charge in [0.05, 0.1) is 6.61 Å². The van der Waals surface area contributed by atoms with E-state index in [-0.39, 0.29) is 5.82 Å². The van der Waals surface area contributed by atoms with Crippen LogP contribution >= 0.6 is 0 Å². The molecule has 0 unspecified atom stereocenters. The molecule has 0 fully saturated rings. The van der Waals surface area contributed by atoms with E-state index >= 15 is 0 Å². The number of halogens is 1. The molecule has 0 atom stereocenters. The minimum absolute atomic E-state index is 0.309. The first kappa shape index (κ1) is 14.9. The summed E-state index contributed by atoms with van der Waals surface area (Å²) < 4.78 is 19.0. The van der Waals surface area contributed by atoms with Crippen molar-refractivity contribution >= 4 is 5.69 Å². The molecule has 3 nitrogen and oxygen atoms in total. The lowest BCUT2D eigenvalue weighted by molar-refractivity contribution is 0.321. The van der Waals surface area contributed by atoms with Crippen LogP contribution in [0.25, 0.3) is 0 Å². The Morgan fingerprint density at radius 1 is 1.18 bits per heavy atom. The quantitative estimate of drug-likeness (QED) is 0.887. The van der Waals surface area contributed by atoms with Gasteiger partial charge in [0.1, 0.15) is 0 Å². The van der Waals surface area contributed by atoms with Crippen molar-refractivity contribution in [2.45, 2.75) is 26.4 Å². The Balaban J connectivity index is 1.66. The third-order valence-corrected chi connectivity index (χ3v) is 3.89. The van der Waals surface area contributed by atoms with E-state index in [1.165, 1.54) is 17.2 Å². The molecule has 0 aromatic heterocycles. The summed E-state index contributed by atoms with van der Waals surface area (Å²) in [7, 11) is 0. The number of fused-ring (bicyclic) bond motifs is 1. The molecule has 116 valence electrons. The van der Waals surface area contributed by atoms with Gasteiger partial charge in [-0.2, -0.15) is 0 Å². The molecule has 0 saturated heterocycles. The summed E-state index contributed by atoms with van der Waals surface area (Å²) in [5, 5.41) is 6.73. The predicted molar refractivity (Wildman–Crippen MR) is 86.7 cm³/mol. The molecular weight excluding hydrogens is 279 g/mol. The van der Waals surface area contributed by atoms with Gasteiger partial charge in [-0.25, -0.2) is 4.39 Å². The molecule has 0 amide bonds. The topological polar surface area (TPSA) is 33.3 Å². The second kappa shape index (κ2) is 6.79. The van der Waals surface area contributed by atoms with Crippen molar-refractivity contribution in [3.63, 3.8) is 0 Å². The summed E-state index contributed by atoms with van der Waals surface area (Å²) in [5.74, 6) is 0.00176. The van der Waals surface area contributed by atoms with Crippen LogP contribution < -0.4 is 15.4 Å². The van der Waals surface area contributed by atoms with Gasteiger partial charge in [-0.3, -0.25) is 0 Å². The summed E-state index contributed by atoms with van der Waals surface area (Å²) in [6, 6.07) is 11.5. The molecule has 0 radical (unpaired) electrons. The lowest BCUT2D eigenvalue weighted by Crippen LogP contribution is -2.23. The van der Waals surface area contributed by atoms with Crippen molar-refractivity contribution in [3.8, 4) is 5.75 Å². The van der Waals surface area contributed by atoms with Crippen molar-refractivity contribution in [1.29, 1.82) is 0 Å². The Morgan fingerprint density at radius 2 is 2.09 bits per heavy atom. The molecule has 22 heavy (non-hydrogen) atoms. The minimum atomic E-state index is -0.309. The van der Waals surface area contributed by atoms with E-state index in [1.54, 1.807) is 6.07 Å². The van der Waals surface area contributed by atoms with Crippen LogP contribution in [0.1, 0.15) is 23.6 Å². The summed E-state index contributed by atoms with van der Waals surface area (Å²) in [6.07, 6.45) is 1.08. The van der Waals surface area contributed by atoms with Gasteiger partial charge in [-0.15, -0.1) is 0 Å². The van der Waals surface area contributed by atoms with Crippen LogP contribution in [0.15, 0.2) is 36.4 Å². The summed E-state index contributed by atoms with van der Waals surface area (Å²) in [4.78, 5) is 0. The van der Waals surface area contributed by atoms with Gasteiger partial charge >= 0.3 is 0 Å². The Bertz CT molecular complexity index is 658. The van der Waals surface area contributed by atoms with Gasteiger partial charge in [0, 0.05) is 18.8 Å². The van der Waals surface area contributed by atoms with E-state index in [0.29, 0.717) is 18.9 Å². The number of hydrogen-bond donors (Lipinski definition) is 2. The first-order valence-electron chi connectivity index (χ1n) is 7.74. The monoisotopic (exact) mass is 300 g/mol. The normalized spacial score (nSPS) is 13.5. The lowest BCUT2D eigenvalue weighted by atomic mass is 10.0. The van der Waals surface area contributed by atoms with Gasteiger partial charge < -0.3 is 15.4 Å². The molecule has 2 aromatic rings. The van der Waals surface area contributed by atoms with Gasteiger partial charge in [0.2, 0.25) is 0 Å². The average molecular weight is 300 g/mol. The second-order valence-corrected chi connectivity index (χ2v) is 5.46. The fraction of sp³-hybridized carbons (Fsp3) is 0.333. The molecule has 3 rings (SSSR count). The summed E-state index contributed by atoms with van der Waals surface area (Å²) in [6.45, 7) is 4.88. The lowest BCUT2D eigenvalue weighted by Gasteiger charge is -2.18. The number of anilines is 1. The fourth-order valence-corrected chi connectivity index (χ4v) is 2.72. The molecule has 0 spiro atoms. The number of rotatable bonds is 5. The minimum Gasteiger partial charge on any atom is -0.491 e. The molecule has 1 aliphatic rings. The van der Waals surface area contributed by atoms with Crippen LogP contribution in [0.3, 0.4) is 0 Å². The highest BCUT2D eigenvalue weighted by atomic mass is 19.1. The molecule has 0 bridgehead atoms. The van der Waals surface area contributed by atoms with Crippen LogP contribution in [0.5, 0.6) is 5.75 Å². The van der Waals surface area contributed by atoms with E-state index in [1.807, 2.05) is 13.0 Å². The number of ether oxygens (including phenoxy) is 1. The van der Waals surface area contributed by atoms with E-state index in [2.05, 4.69) is 28.8 Å². The standard InChI is InChI=1S/C18H21FN2O/c1-2-22-18-6-3-13(9-17(18)19)11-21-16-5-4-14-7-8-20-12-15(14)10-16/h3-6,9-10,20-21H,2,7-8,11-12H2,1H3. The number of nitrogens with one attached hydrogen (secondary N) is 2. The molecule has 4 heteroatoms. The molecule has 1 heterocycles. The van der Waals surface area contributed by atoms with Crippen molar-refractivity contribution in [2.75, 3.05) is 18.5 Å². The van der Waals surface area contributed by atoms with E-state index in [4.69, 9.17) is 4.74 Å². The zero-order valence-electron chi connectivity index (χ0n) is 12.8. The molecule has 2 N–H and O–H groups in total. The van der Waals surface area contributed by atoms with Gasteiger partial charge in [-0.05, 0) is 60.8 Å². The first-order chi connectivity index (χ1) is 10.8. The number of benzene rings is 2. The second-order valence-electron chi connectivity index (χ2n) is 5.46. The Kier molecular flexibility index (Phi) is 4.59. The van der Waals surface area contributed by atoms with E-state index in [0.717, 1.165) is 30.8 Å². The average Bonchev–Trinajstić information content (AvgIpc) is 2.55. The highest BCUT2D eigenvalue weighted by Crippen LogP contribution is 2.21. The van der Waals surface area contributed by atoms with Gasteiger partial charge in [-0.1, -0.05) is 12.1 Å². The Morgan fingerprint density at radius 3 is 2.91 bits per heavy atom. The summed E-state index contributed by atoms with van der Waals surface area (Å²) in [5.41, 5.74) is 4.72. The predicted octanol–water partition coefficient (Wildman–Crippen LogP) is 3.48. The zero-order valence-corrected chi connectivity index (χ0v) is 12.8. The highest BCUT2D eigenvalue weighted by Gasteiger charge is 2.09. The van der Waals surface area contributed by atoms with Crippen LogP contribution in [0.4, 0.5) is 10.1 Å². The van der Waals surface area contributed by atoms with Crippen LogP contribution in [0, 0.1) is 5.82 Å². The summed E-state index contributed by atoms with van der Waals surface area (Å²) >= 11 is 0. The molecule has 2 aromatic carbocycles. The van der Waals surface area contributed by atoms with E-state index < -0.39 is 0 Å². The smallest absolute Gasteiger partial charge is 0.165 e. The maximum atomic E-state index is 13.8. The zero-order chi connectivity index (χ0) is 15.4. The van der Waals surface area contributed by atoms with Crippen molar-refractivity contribution in [3.05, 3.63) is 58.9 Å². The SMILES string of the molecule is CCOc1ccc(CNc2ccc3c(c2)CNCC3)cc1F. The molecule has 0 aliphatic carbocycles. The molecule has 0 saturated carbocycles. The van der Waals surface area contributed by atoms with E-state index in [9.17, 15) is 4.39 Å². The largest absolute Gasteiger partial charge is 0.491 e. The van der Waals surface area contributed by atoms with Crippen molar-refractivity contribution < 1.29 is 9.13 Å². The van der Waals surface area contributed by atoms with Gasteiger partial charge in [0.25, 0.3) is 0 Å².